The Labute approximate surface area is 85.1 Å². The van der Waals surface area contributed by atoms with Crippen molar-refractivity contribution >= 4 is 34.8 Å². The van der Waals surface area contributed by atoms with Crippen molar-refractivity contribution in [3.63, 3.8) is 0 Å². The van der Waals surface area contributed by atoms with Crippen LogP contribution in [0.4, 0.5) is 0 Å². The number of halogens is 3. The molecule has 0 bridgehead atoms. The molecule has 0 heterocycles. The maximum Gasteiger partial charge on any atom is 0.0958 e. The molecule has 0 atom stereocenters. The van der Waals surface area contributed by atoms with Crippen molar-refractivity contribution in [1.29, 1.82) is 0 Å². The summed E-state index contributed by atoms with van der Waals surface area (Å²) in [6.07, 6.45) is 0. The minimum Gasteiger partial charge on any atom is -0.300 e. The summed E-state index contributed by atoms with van der Waals surface area (Å²) in [4.78, 5) is 4.42. The van der Waals surface area contributed by atoms with Gasteiger partial charge in [-0.1, -0.05) is 34.8 Å². The average Bonchev–Trinajstić information content (AvgIpc) is 1.96. The summed E-state index contributed by atoms with van der Waals surface area (Å²) in [6.45, 7) is 0.175. The topological polar surface area (TPSA) is 35.2 Å². The van der Waals surface area contributed by atoms with Crippen LogP contribution in [0.15, 0.2) is 12.1 Å². The molecule has 2 N–H and O–H groups in total. The quantitative estimate of drug-likeness (QED) is 0.787. The smallest absolute Gasteiger partial charge is 0.0958 e. The molecule has 0 aromatic heterocycles. The molecule has 0 amide bonds. The van der Waals surface area contributed by atoms with Gasteiger partial charge in [0.2, 0.25) is 0 Å². The Morgan fingerprint density at radius 3 is 2.08 bits per heavy atom. The van der Waals surface area contributed by atoms with E-state index in [-0.39, 0.29) is 6.61 Å². The number of benzene rings is 1. The summed E-state index contributed by atoms with van der Waals surface area (Å²) < 4.78 is 0. The third-order valence-corrected chi connectivity index (χ3v) is 2.23. The van der Waals surface area contributed by atoms with Crippen molar-refractivity contribution in [2.45, 2.75) is 6.61 Å². The van der Waals surface area contributed by atoms with Crippen molar-refractivity contribution in [3.8, 4) is 0 Å². The Kier molecular flexibility index (Phi) is 3.62. The third-order valence-electron chi connectivity index (χ3n) is 1.33. The van der Waals surface area contributed by atoms with Gasteiger partial charge in [-0.05, 0) is 12.1 Å². The van der Waals surface area contributed by atoms with E-state index in [1.807, 2.05) is 0 Å². The largest absolute Gasteiger partial charge is 0.300 e. The molecule has 0 spiro atoms. The molecule has 0 unspecified atom stereocenters. The van der Waals surface area contributed by atoms with Crippen molar-refractivity contribution in [2.24, 2.45) is 5.90 Å². The standard InChI is InChI=1S/C7H6Cl3NO/c8-4-1-6(9)5(3-12-11)7(10)2-4/h1-2H,3,11H2. The summed E-state index contributed by atoms with van der Waals surface area (Å²) in [7, 11) is 0. The molecule has 2 nitrogen and oxygen atoms in total. The van der Waals surface area contributed by atoms with Crippen LogP contribution in [0, 0.1) is 0 Å². The van der Waals surface area contributed by atoms with Gasteiger partial charge in [0.15, 0.2) is 0 Å². The average molecular weight is 226 g/mol. The van der Waals surface area contributed by atoms with Gasteiger partial charge >= 0.3 is 0 Å². The van der Waals surface area contributed by atoms with Crippen LogP contribution in [-0.4, -0.2) is 0 Å². The molecule has 66 valence electrons. The van der Waals surface area contributed by atoms with Gasteiger partial charge in [-0.15, -0.1) is 0 Å². The van der Waals surface area contributed by atoms with Crippen molar-refractivity contribution < 1.29 is 4.84 Å². The summed E-state index contributed by atoms with van der Waals surface area (Å²) in [6, 6.07) is 3.17. The first-order valence-electron chi connectivity index (χ1n) is 3.10. The second kappa shape index (κ2) is 4.30. The minimum absolute atomic E-state index is 0.175. The van der Waals surface area contributed by atoms with Gasteiger partial charge < -0.3 is 0 Å². The molecular weight excluding hydrogens is 220 g/mol. The predicted molar refractivity (Wildman–Crippen MR) is 50.4 cm³/mol. The van der Waals surface area contributed by atoms with Gasteiger partial charge in [0, 0.05) is 20.6 Å². The zero-order chi connectivity index (χ0) is 9.14. The van der Waals surface area contributed by atoms with Gasteiger partial charge in [-0.2, -0.15) is 0 Å². The molecular formula is C7H6Cl3NO. The molecule has 0 saturated heterocycles. The molecule has 0 fully saturated rings. The highest BCUT2D eigenvalue weighted by molar-refractivity contribution is 6.39. The monoisotopic (exact) mass is 225 g/mol. The zero-order valence-corrected chi connectivity index (χ0v) is 8.25. The molecule has 1 rings (SSSR count). The van der Waals surface area contributed by atoms with Crippen LogP contribution in [0.2, 0.25) is 15.1 Å². The summed E-state index contributed by atoms with van der Waals surface area (Å²) in [5, 5.41) is 1.40. The number of nitrogens with two attached hydrogens (primary N) is 1. The second-order valence-corrected chi connectivity index (χ2v) is 3.41. The van der Waals surface area contributed by atoms with E-state index in [2.05, 4.69) is 4.84 Å². The summed E-state index contributed by atoms with van der Waals surface area (Å²) in [5.41, 5.74) is 0.644. The van der Waals surface area contributed by atoms with Crippen LogP contribution in [0.1, 0.15) is 5.56 Å². The lowest BCUT2D eigenvalue weighted by Crippen LogP contribution is -2.00. The molecule has 1 aromatic rings. The lowest BCUT2D eigenvalue weighted by Gasteiger charge is -2.05. The van der Waals surface area contributed by atoms with E-state index in [9.17, 15) is 0 Å². The Balaban J connectivity index is 3.10. The first-order chi connectivity index (χ1) is 5.65. The van der Waals surface area contributed by atoms with Crippen molar-refractivity contribution in [3.05, 3.63) is 32.8 Å². The van der Waals surface area contributed by atoms with E-state index in [1.165, 1.54) is 0 Å². The fourth-order valence-electron chi connectivity index (χ4n) is 0.793. The Morgan fingerprint density at radius 1 is 1.17 bits per heavy atom. The number of hydrogen-bond acceptors (Lipinski definition) is 2. The highest BCUT2D eigenvalue weighted by atomic mass is 35.5. The van der Waals surface area contributed by atoms with Crippen LogP contribution in [-0.2, 0) is 11.4 Å². The molecule has 5 heteroatoms. The van der Waals surface area contributed by atoms with Crippen LogP contribution >= 0.6 is 34.8 Å². The lowest BCUT2D eigenvalue weighted by molar-refractivity contribution is 0.124. The predicted octanol–water partition coefficient (Wildman–Crippen LogP) is 3.04. The Bertz CT molecular complexity index is 267. The first kappa shape index (κ1) is 10.1. The number of rotatable bonds is 2. The van der Waals surface area contributed by atoms with Gasteiger partial charge in [0.25, 0.3) is 0 Å². The maximum atomic E-state index is 5.81. The normalized spacial score (nSPS) is 10.3. The molecule has 0 saturated carbocycles. The van der Waals surface area contributed by atoms with E-state index >= 15 is 0 Å². The van der Waals surface area contributed by atoms with Crippen LogP contribution in [0.5, 0.6) is 0 Å². The van der Waals surface area contributed by atoms with Gasteiger partial charge in [-0.25, -0.2) is 5.90 Å². The Hall–Kier alpha value is 0.01000. The highest BCUT2D eigenvalue weighted by Crippen LogP contribution is 2.29. The molecule has 12 heavy (non-hydrogen) atoms. The zero-order valence-electron chi connectivity index (χ0n) is 5.98. The molecule has 0 aliphatic rings. The van der Waals surface area contributed by atoms with Crippen LogP contribution in [0.3, 0.4) is 0 Å². The van der Waals surface area contributed by atoms with Crippen LogP contribution in [0.25, 0.3) is 0 Å². The van der Waals surface area contributed by atoms with Crippen molar-refractivity contribution in [2.75, 3.05) is 0 Å². The fourth-order valence-corrected chi connectivity index (χ4v) is 1.72. The Morgan fingerprint density at radius 2 is 1.67 bits per heavy atom. The first-order valence-corrected chi connectivity index (χ1v) is 4.23. The lowest BCUT2D eigenvalue weighted by atomic mass is 10.2. The SMILES string of the molecule is NOCc1c(Cl)cc(Cl)cc1Cl. The molecule has 0 radical (unpaired) electrons. The third kappa shape index (κ3) is 2.25. The van der Waals surface area contributed by atoms with Gasteiger partial charge in [0.1, 0.15) is 0 Å². The summed E-state index contributed by atoms with van der Waals surface area (Å²) in [5.74, 6) is 4.89. The molecule has 0 aliphatic heterocycles. The fraction of sp³-hybridized carbons (Fsp3) is 0.143. The van der Waals surface area contributed by atoms with Gasteiger partial charge in [-0.3, -0.25) is 4.84 Å². The maximum absolute atomic E-state index is 5.81. The van der Waals surface area contributed by atoms with Crippen LogP contribution < -0.4 is 5.90 Å². The summed E-state index contributed by atoms with van der Waals surface area (Å²) >= 11 is 17.3. The van der Waals surface area contributed by atoms with E-state index < -0.39 is 0 Å². The molecule has 0 aliphatic carbocycles. The van der Waals surface area contributed by atoms with E-state index in [0.29, 0.717) is 20.6 Å². The van der Waals surface area contributed by atoms with E-state index in [1.54, 1.807) is 12.1 Å². The van der Waals surface area contributed by atoms with E-state index in [4.69, 9.17) is 40.7 Å². The minimum atomic E-state index is 0.175. The van der Waals surface area contributed by atoms with E-state index in [0.717, 1.165) is 0 Å². The second-order valence-electron chi connectivity index (χ2n) is 2.16. The van der Waals surface area contributed by atoms with Gasteiger partial charge in [0.05, 0.1) is 6.61 Å². The van der Waals surface area contributed by atoms with Crippen molar-refractivity contribution in [1.82, 2.24) is 0 Å². The molecule has 1 aromatic carbocycles. The number of hydrogen-bond donors (Lipinski definition) is 1. The highest BCUT2D eigenvalue weighted by Gasteiger charge is 2.06.